The molecule has 1 atom stereocenters. The quantitative estimate of drug-likeness (QED) is 0.617. The van der Waals surface area contributed by atoms with Gasteiger partial charge in [0, 0.05) is 41.8 Å². The molecule has 0 saturated carbocycles. The van der Waals surface area contributed by atoms with Crippen molar-refractivity contribution in [1.29, 1.82) is 0 Å². The van der Waals surface area contributed by atoms with E-state index in [-0.39, 0.29) is 17.6 Å². The molecule has 8 heteroatoms. The number of hydrogen-bond donors (Lipinski definition) is 1. The first-order valence-electron chi connectivity index (χ1n) is 9.97. The van der Waals surface area contributed by atoms with Crippen LogP contribution in [0.5, 0.6) is 11.5 Å². The lowest BCUT2D eigenvalue weighted by atomic mass is 10.1. The Bertz CT molecular complexity index is 1150. The fraction of sp³-hybridized carbons (Fsp3) is 0.304. The first-order chi connectivity index (χ1) is 15.1. The van der Waals surface area contributed by atoms with Gasteiger partial charge in [0.15, 0.2) is 0 Å². The fourth-order valence-corrected chi connectivity index (χ4v) is 3.61. The Hall–Kier alpha value is -3.03. The van der Waals surface area contributed by atoms with Gasteiger partial charge in [-0.05, 0) is 37.1 Å². The zero-order valence-corrected chi connectivity index (χ0v) is 18.1. The van der Waals surface area contributed by atoms with Gasteiger partial charge in [0.05, 0.1) is 26.0 Å². The number of rotatable bonds is 6. The molecule has 0 radical (unpaired) electrons. The van der Waals surface area contributed by atoms with Crippen molar-refractivity contribution in [3.63, 3.8) is 0 Å². The SMILES string of the molecule is COc1cc(N=c2oc3ccc(Cl)cc3cc2C(=O)NC[C@H]2CCCO2)cc(OC)c1. The minimum Gasteiger partial charge on any atom is -0.497 e. The normalized spacial score (nSPS) is 16.5. The van der Waals surface area contributed by atoms with Gasteiger partial charge in [-0.2, -0.15) is 0 Å². The van der Waals surface area contributed by atoms with Crippen LogP contribution in [0.2, 0.25) is 5.02 Å². The molecule has 1 aliphatic rings. The molecule has 7 nitrogen and oxygen atoms in total. The molecule has 2 aromatic carbocycles. The van der Waals surface area contributed by atoms with E-state index in [1.165, 1.54) is 0 Å². The summed E-state index contributed by atoms with van der Waals surface area (Å²) in [5.74, 6) is 0.861. The topological polar surface area (TPSA) is 82.3 Å². The maximum atomic E-state index is 13.0. The summed E-state index contributed by atoms with van der Waals surface area (Å²) in [6.45, 7) is 1.15. The molecular formula is C23H23ClN2O5. The smallest absolute Gasteiger partial charge is 0.256 e. The minimum atomic E-state index is -0.297. The van der Waals surface area contributed by atoms with E-state index in [0.29, 0.717) is 45.3 Å². The van der Waals surface area contributed by atoms with E-state index in [1.807, 2.05) is 0 Å². The molecule has 1 aliphatic heterocycles. The Morgan fingerprint density at radius 1 is 1.16 bits per heavy atom. The summed E-state index contributed by atoms with van der Waals surface area (Å²) in [5, 5.41) is 4.18. The fourth-order valence-electron chi connectivity index (χ4n) is 3.43. The molecule has 1 fully saturated rings. The number of carbonyl (C=O) groups is 1. The van der Waals surface area contributed by atoms with Crippen LogP contribution in [0.4, 0.5) is 5.69 Å². The van der Waals surface area contributed by atoms with E-state index >= 15 is 0 Å². The van der Waals surface area contributed by atoms with Gasteiger partial charge in [0.2, 0.25) is 5.55 Å². The van der Waals surface area contributed by atoms with E-state index in [0.717, 1.165) is 19.4 Å². The van der Waals surface area contributed by atoms with Gasteiger partial charge in [-0.15, -0.1) is 0 Å². The number of amides is 1. The first-order valence-corrected chi connectivity index (χ1v) is 10.3. The van der Waals surface area contributed by atoms with Crippen LogP contribution in [0, 0.1) is 0 Å². The zero-order valence-electron chi connectivity index (χ0n) is 17.3. The van der Waals surface area contributed by atoms with Crippen LogP contribution in [0.15, 0.2) is 51.9 Å². The lowest BCUT2D eigenvalue weighted by Crippen LogP contribution is -2.34. The standard InChI is InChI=1S/C23H23ClN2O5/c1-28-18-10-16(11-19(12-18)29-2)26-23-20(22(27)25-13-17-4-3-7-30-17)9-14-8-15(24)5-6-21(14)31-23/h5-6,8-12,17H,3-4,7,13H2,1-2H3,(H,25,27)/t17-/m1/s1. The van der Waals surface area contributed by atoms with Crippen molar-refractivity contribution in [2.75, 3.05) is 27.4 Å². The summed E-state index contributed by atoms with van der Waals surface area (Å²) < 4.78 is 22.2. The molecule has 4 rings (SSSR count). The van der Waals surface area contributed by atoms with Gasteiger partial charge in [-0.25, -0.2) is 4.99 Å². The van der Waals surface area contributed by atoms with Crippen LogP contribution in [-0.4, -0.2) is 39.4 Å². The highest BCUT2D eigenvalue weighted by atomic mass is 35.5. The van der Waals surface area contributed by atoms with Crippen molar-refractivity contribution >= 4 is 34.2 Å². The minimum absolute atomic E-state index is 0.0267. The molecule has 1 amide bonds. The van der Waals surface area contributed by atoms with Crippen molar-refractivity contribution in [2.45, 2.75) is 18.9 Å². The molecule has 0 bridgehead atoms. The molecule has 0 unspecified atom stereocenters. The zero-order chi connectivity index (χ0) is 21.8. The summed E-state index contributed by atoms with van der Waals surface area (Å²) in [6.07, 6.45) is 1.96. The number of carbonyl (C=O) groups excluding carboxylic acids is 1. The molecule has 0 spiro atoms. The number of methoxy groups -OCH3 is 2. The summed E-state index contributed by atoms with van der Waals surface area (Å²) >= 11 is 6.12. The Balaban J connectivity index is 1.78. The number of fused-ring (bicyclic) bond motifs is 1. The molecular weight excluding hydrogens is 420 g/mol. The Morgan fingerprint density at radius 3 is 2.61 bits per heavy atom. The Kier molecular flexibility index (Phi) is 6.44. The van der Waals surface area contributed by atoms with Gasteiger partial charge in [0.25, 0.3) is 5.91 Å². The molecule has 1 saturated heterocycles. The highest BCUT2D eigenvalue weighted by molar-refractivity contribution is 6.31. The first kappa shape index (κ1) is 21.2. The second-order valence-electron chi connectivity index (χ2n) is 7.18. The summed E-state index contributed by atoms with van der Waals surface area (Å²) in [5.41, 5.74) is 1.57. The van der Waals surface area contributed by atoms with Crippen molar-refractivity contribution in [1.82, 2.24) is 5.32 Å². The van der Waals surface area contributed by atoms with E-state index in [9.17, 15) is 4.79 Å². The van der Waals surface area contributed by atoms with Gasteiger partial charge >= 0.3 is 0 Å². The lowest BCUT2D eigenvalue weighted by molar-refractivity contribution is 0.0854. The maximum absolute atomic E-state index is 13.0. The van der Waals surface area contributed by atoms with Crippen LogP contribution in [-0.2, 0) is 4.74 Å². The second kappa shape index (κ2) is 9.41. The van der Waals surface area contributed by atoms with E-state index in [1.54, 1.807) is 56.7 Å². The van der Waals surface area contributed by atoms with Gasteiger partial charge in [0.1, 0.15) is 22.6 Å². The van der Waals surface area contributed by atoms with Crippen LogP contribution >= 0.6 is 11.6 Å². The average Bonchev–Trinajstić information content (AvgIpc) is 3.30. The van der Waals surface area contributed by atoms with Gasteiger partial charge in [-0.3, -0.25) is 4.79 Å². The lowest BCUT2D eigenvalue weighted by Gasteiger charge is -2.11. The number of halogens is 1. The van der Waals surface area contributed by atoms with Crippen molar-refractivity contribution in [2.24, 2.45) is 4.99 Å². The molecule has 162 valence electrons. The third-order valence-corrected chi connectivity index (χ3v) is 5.27. The van der Waals surface area contributed by atoms with Crippen LogP contribution in [0.25, 0.3) is 11.0 Å². The van der Waals surface area contributed by atoms with Gasteiger partial charge in [-0.1, -0.05) is 11.6 Å². The van der Waals surface area contributed by atoms with Crippen molar-refractivity contribution in [3.05, 3.63) is 58.6 Å². The average molecular weight is 443 g/mol. The molecule has 31 heavy (non-hydrogen) atoms. The molecule has 3 aromatic rings. The third kappa shape index (κ3) is 5.00. The highest BCUT2D eigenvalue weighted by Gasteiger charge is 2.19. The van der Waals surface area contributed by atoms with Crippen molar-refractivity contribution < 1.29 is 23.4 Å². The van der Waals surface area contributed by atoms with Crippen LogP contribution < -0.4 is 20.3 Å². The molecule has 0 aliphatic carbocycles. The van der Waals surface area contributed by atoms with Crippen LogP contribution in [0.1, 0.15) is 23.2 Å². The van der Waals surface area contributed by atoms with Crippen molar-refractivity contribution in [3.8, 4) is 11.5 Å². The summed E-state index contributed by atoms with van der Waals surface area (Å²) in [7, 11) is 3.12. The van der Waals surface area contributed by atoms with E-state index in [4.69, 9.17) is 30.2 Å². The number of nitrogens with zero attached hydrogens (tertiary/aromatic N) is 1. The van der Waals surface area contributed by atoms with E-state index < -0.39 is 0 Å². The Labute approximate surface area is 184 Å². The second-order valence-corrected chi connectivity index (χ2v) is 7.61. The predicted molar refractivity (Wildman–Crippen MR) is 117 cm³/mol. The summed E-state index contributed by atoms with van der Waals surface area (Å²) in [4.78, 5) is 17.6. The molecule has 2 heterocycles. The third-order valence-electron chi connectivity index (χ3n) is 5.03. The number of nitrogens with one attached hydrogen (secondary N) is 1. The summed E-state index contributed by atoms with van der Waals surface area (Å²) in [6, 6.07) is 12.2. The largest absolute Gasteiger partial charge is 0.497 e. The predicted octanol–water partition coefficient (Wildman–Crippen LogP) is 4.24. The van der Waals surface area contributed by atoms with Crippen LogP contribution in [0.3, 0.4) is 0 Å². The molecule has 1 N–H and O–H groups in total. The highest BCUT2D eigenvalue weighted by Crippen LogP contribution is 2.27. The monoisotopic (exact) mass is 442 g/mol. The maximum Gasteiger partial charge on any atom is 0.256 e. The number of benzene rings is 2. The number of hydrogen-bond acceptors (Lipinski definition) is 6. The molecule has 1 aromatic heterocycles. The van der Waals surface area contributed by atoms with Gasteiger partial charge < -0.3 is 23.9 Å². The number of ether oxygens (including phenoxy) is 3. The van der Waals surface area contributed by atoms with E-state index in [2.05, 4.69) is 10.3 Å². The Morgan fingerprint density at radius 2 is 1.94 bits per heavy atom.